The van der Waals surface area contributed by atoms with Crippen LogP contribution in [0.4, 0.5) is 23.1 Å². The van der Waals surface area contributed by atoms with Gasteiger partial charge in [0, 0.05) is 60.5 Å². The number of aromatic nitrogens is 6. The molecule has 0 unspecified atom stereocenters. The van der Waals surface area contributed by atoms with Gasteiger partial charge in [-0.05, 0) is 42.5 Å². The number of nitrogens with two attached hydrogens (primary N) is 1. The van der Waals surface area contributed by atoms with E-state index in [1.165, 1.54) is 6.20 Å². The van der Waals surface area contributed by atoms with E-state index >= 15 is 0 Å². The first-order valence-electron chi connectivity index (χ1n) is 18.0. The van der Waals surface area contributed by atoms with Crippen LogP contribution >= 0.6 is 11.6 Å². The number of nitrogens with one attached hydrogen (secondary N) is 3. The van der Waals surface area contributed by atoms with E-state index in [4.69, 9.17) is 39.1 Å². The van der Waals surface area contributed by atoms with Crippen molar-refractivity contribution in [3.05, 3.63) is 168 Å². The van der Waals surface area contributed by atoms with E-state index in [0.29, 0.717) is 54.2 Å². The minimum Gasteiger partial charge on any atom is -0.369 e. The molecule has 8 rings (SSSR count). The number of anilines is 3. The van der Waals surface area contributed by atoms with E-state index in [1.54, 1.807) is 30.5 Å². The minimum absolute atomic E-state index is 0. The first-order valence-corrected chi connectivity index (χ1v) is 18.3. The molecule has 0 atom stereocenters. The second-order valence-electron chi connectivity index (χ2n) is 12.1. The number of nitriles is 1. The van der Waals surface area contributed by atoms with Crippen LogP contribution < -0.4 is 21.7 Å². The van der Waals surface area contributed by atoms with E-state index in [0.717, 1.165) is 50.4 Å². The van der Waals surface area contributed by atoms with Crippen LogP contribution in [0.25, 0.3) is 49.4 Å². The van der Waals surface area contributed by atoms with Gasteiger partial charge in [-0.2, -0.15) is 5.26 Å². The molecule has 13 heteroatoms. The van der Waals surface area contributed by atoms with Crippen LogP contribution in [-0.4, -0.2) is 56.1 Å². The average Bonchev–Trinajstić information content (AvgIpc) is 3.28. The molecule has 0 radical (unpaired) electrons. The molecule has 0 bridgehead atoms. The molecule has 0 aliphatic rings. The van der Waals surface area contributed by atoms with Gasteiger partial charge in [0.05, 0.1) is 23.2 Å². The van der Waals surface area contributed by atoms with Crippen LogP contribution in [0, 0.1) is 17.9 Å². The maximum atomic E-state index is 8.83. The number of para-hydroxylation sites is 2. The van der Waals surface area contributed by atoms with Gasteiger partial charge in [-0.1, -0.05) is 110 Å². The number of nitrogens with zero attached hydrogens (tertiary/aromatic N) is 8. The second kappa shape index (κ2) is 21.5. The molecule has 12 nitrogen and oxygen atoms in total. The standard InChI is InChI=1S/C22H18N6.C14H9ClN2.C8H10N4.CH4/c23-14-16-10-11-20(26-15-16)24-12-13-25-22-18-8-4-5-9-19(18)27-21(28-22)17-6-2-1-3-7-17;15-13-11-8-4-5-9-12(11)16-14(17-13)10-6-2-1-3-7-10;1-10-7-2-3-8(12-6-7)11-5-4-9;/h1-11,15H,12-13H2,(H,24,26)(H,25,27,28);1-9H;2-3,6H,4-5,9H2,(H,11,12);1H4. The number of hydrogen-bond donors (Lipinski definition) is 4. The van der Waals surface area contributed by atoms with Crippen molar-refractivity contribution in [1.29, 1.82) is 5.26 Å². The summed E-state index contributed by atoms with van der Waals surface area (Å²) in [6.07, 6.45) is 3.09. The highest BCUT2D eigenvalue weighted by Crippen LogP contribution is 2.26. The topological polar surface area (TPSA) is 168 Å². The van der Waals surface area contributed by atoms with E-state index in [-0.39, 0.29) is 7.43 Å². The fourth-order valence-corrected chi connectivity index (χ4v) is 5.61. The van der Waals surface area contributed by atoms with Gasteiger partial charge in [0.1, 0.15) is 28.7 Å². The molecular weight excluding hydrogens is 744 g/mol. The molecule has 4 heterocycles. The van der Waals surface area contributed by atoms with Crippen LogP contribution in [0.5, 0.6) is 0 Å². The Hall–Kier alpha value is -7.51. The van der Waals surface area contributed by atoms with E-state index in [1.807, 2.05) is 109 Å². The van der Waals surface area contributed by atoms with Crippen LogP contribution in [0.15, 0.2) is 146 Å². The summed E-state index contributed by atoms with van der Waals surface area (Å²) in [7, 11) is 0. The summed E-state index contributed by atoms with van der Waals surface area (Å²) in [6.45, 7) is 9.30. The molecular formula is C45H41ClN12. The first-order chi connectivity index (χ1) is 28.0. The lowest BCUT2D eigenvalue weighted by molar-refractivity contribution is 1.01. The zero-order chi connectivity index (χ0) is 39.7. The van der Waals surface area contributed by atoms with Crippen molar-refractivity contribution in [1.82, 2.24) is 29.9 Å². The largest absolute Gasteiger partial charge is 0.369 e. The quantitative estimate of drug-likeness (QED) is 0.0592. The lowest BCUT2D eigenvalue weighted by Gasteiger charge is -2.12. The zero-order valence-electron chi connectivity index (χ0n) is 30.7. The normalized spacial score (nSPS) is 10.0. The maximum Gasteiger partial charge on any atom is 0.205 e. The highest BCUT2D eigenvalue weighted by atomic mass is 35.5. The van der Waals surface area contributed by atoms with E-state index in [2.05, 4.69) is 46.8 Å². The summed E-state index contributed by atoms with van der Waals surface area (Å²) in [5.41, 5.74) is 10.1. The third-order valence-corrected chi connectivity index (χ3v) is 8.46. The van der Waals surface area contributed by atoms with Gasteiger partial charge in [0.25, 0.3) is 0 Å². The lowest BCUT2D eigenvalue weighted by atomic mass is 10.2. The Morgan fingerprint density at radius 3 is 1.71 bits per heavy atom. The van der Waals surface area contributed by atoms with E-state index < -0.39 is 0 Å². The highest BCUT2D eigenvalue weighted by molar-refractivity contribution is 6.34. The van der Waals surface area contributed by atoms with Gasteiger partial charge in [0.2, 0.25) is 5.69 Å². The third kappa shape index (κ3) is 11.5. The predicted octanol–water partition coefficient (Wildman–Crippen LogP) is 9.68. The summed E-state index contributed by atoms with van der Waals surface area (Å²) in [4.78, 5) is 29.7. The number of fused-ring (bicyclic) bond motifs is 2. The number of benzene rings is 4. The summed E-state index contributed by atoms with van der Waals surface area (Å²) in [5, 5.41) is 20.8. The van der Waals surface area contributed by atoms with Gasteiger partial charge in [-0.3, -0.25) is 4.98 Å². The Morgan fingerprint density at radius 1 is 0.603 bits per heavy atom. The van der Waals surface area contributed by atoms with Crippen LogP contribution in [-0.2, 0) is 0 Å². The van der Waals surface area contributed by atoms with Gasteiger partial charge in [-0.15, -0.1) is 0 Å². The first kappa shape index (κ1) is 41.6. The second-order valence-corrected chi connectivity index (χ2v) is 12.5. The molecule has 0 saturated carbocycles. The predicted molar refractivity (Wildman–Crippen MR) is 236 cm³/mol. The van der Waals surface area contributed by atoms with Crippen molar-refractivity contribution in [2.45, 2.75) is 7.43 Å². The Bertz CT molecular complexity index is 2590. The number of hydrogen-bond acceptors (Lipinski definition) is 11. The monoisotopic (exact) mass is 784 g/mol. The van der Waals surface area contributed by atoms with Gasteiger partial charge in [0.15, 0.2) is 11.6 Å². The van der Waals surface area contributed by atoms with Crippen molar-refractivity contribution in [3.8, 4) is 28.8 Å². The molecule has 0 aliphatic heterocycles. The van der Waals surface area contributed by atoms with Gasteiger partial charge >= 0.3 is 0 Å². The summed E-state index contributed by atoms with van der Waals surface area (Å²) in [6, 6.07) is 44.6. The van der Waals surface area contributed by atoms with Crippen molar-refractivity contribution in [3.63, 3.8) is 0 Å². The number of pyridine rings is 2. The molecule has 58 heavy (non-hydrogen) atoms. The van der Waals surface area contributed by atoms with Crippen molar-refractivity contribution >= 4 is 56.5 Å². The Balaban J connectivity index is 0.000000182. The molecule has 8 aromatic rings. The molecule has 0 fully saturated rings. The molecule has 0 saturated heterocycles. The summed E-state index contributed by atoms with van der Waals surface area (Å²) < 4.78 is 0. The van der Waals surface area contributed by atoms with Gasteiger partial charge in [-0.25, -0.2) is 29.8 Å². The Labute approximate surface area is 342 Å². The fraction of sp³-hybridized carbons (Fsp3) is 0.111. The summed E-state index contributed by atoms with van der Waals surface area (Å²) >= 11 is 6.16. The zero-order valence-corrected chi connectivity index (χ0v) is 31.5. The maximum absolute atomic E-state index is 8.83. The molecule has 0 aliphatic carbocycles. The van der Waals surface area contributed by atoms with Crippen molar-refractivity contribution in [2.75, 3.05) is 42.1 Å². The van der Waals surface area contributed by atoms with Crippen LogP contribution in [0.2, 0.25) is 5.15 Å². The molecule has 0 spiro atoms. The van der Waals surface area contributed by atoms with E-state index in [9.17, 15) is 0 Å². The third-order valence-electron chi connectivity index (χ3n) is 8.17. The Kier molecular flexibility index (Phi) is 15.5. The number of rotatable bonds is 10. The number of halogens is 1. The molecule has 5 N–H and O–H groups in total. The summed E-state index contributed by atoms with van der Waals surface area (Å²) in [5.74, 6) is 3.66. The molecule has 4 aromatic heterocycles. The SMILES string of the molecule is C.Clc1nc(-c2ccccc2)nc2ccccc12.N#Cc1ccc(NCCNc2nc(-c3ccccc3)nc3ccccc23)nc1.[C-]#[N+]c1ccc(NCCN)nc1. The van der Waals surface area contributed by atoms with Gasteiger partial charge < -0.3 is 21.7 Å². The fourth-order valence-electron chi connectivity index (χ4n) is 5.37. The molecule has 288 valence electrons. The Morgan fingerprint density at radius 2 is 1.14 bits per heavy atom. The van der Waals surface area contributed by atoms with Crippen molar-refractivity contribution in [2.24, 2.45) is 5.73 Å². The molecule has 4 aromatic carbocycles. The lowest BCUT2D eigenvalue weighted by Crippen LogP contribution is -2.15. The average molecular weight is 785 g/mol. The smallest absolute Gasteiger partial charge is 0.205 e. The minimum atomic E-state index is 0. The van der Waals surface area contributed by atoms with Crippen LogP contribution in [0.3, 0.4) is 0 Å². The highest BCUT2D eigenvalue weighted by Gasteiger charge is 2.09. The molecule has 0 amide bonds. The van der Waals surface area contributed by atoms with Crippen molar-refractivity contribution < 1.29 is 0 Å². The van der Waals surface area contributed by atoms with Crippen LogP contribution in [0.1, 0.15) is 13.0 Å².